The maximum atomic E-state index is 12.6. The van der Waals surface area contributed by atoms with Crippen LogP contribution in [0.5, 0.6) is 0 Å². The number of imidazole rings is 1. The molecule has 0 spiro atoms. The van der Waals surface area contributed by atoms with Crippen molar-refractivity contribution in [2.24, 2.45) is 0 Å². The Morgan fingerprint density at radius 2 is 1.94 bits per heavy atom. The van der Waals surface area contributed by atoms with Crippen molar-refractivity contribution in [3.8, 4) is 0 Å². The van der Waals surface area contributed by atoms with E-state index < -0.39 is 0 Å². The van der Waals surface area contributed by atoms with Crippen molar-refractivity contribution in [1.82, 2.24) is 24.1 Å². The van der Waals surface area contributed by atoms with Crippen LogP contribution < -0.4 is 5.32 Å². The third-order valence-electron chi connectivity index (χ3n) is 5.37. The van der Waals surface area contributed by atoms with Gasteiger partial charge in [0.25, 0.3) is 5.91 Å². The highest BCUT2D eigenvalue weighted by atomic mass is 16.1. The van der Waals surface area contributed by atoms with E-state index in [0.717, 1.165) is 24.4 Å². The van der Waals surface area contributed by atoms with Gasteiger partial charge in [0.15, 0.2) is 0 Å². The molecule has 0 fully saturated rings. The minimum absolute atomic E-state index is 0.143. The van der Waals surface area contributed by atoms with Crippen LogP contribution in [0.1, 0.15) is 42.4 Å². The third kappa shape index (κ3) is 5.00. The van der Waals surface area contributed by atoms with Gasteiger partial charge in [-0.05, 0) is 50.2 Å². The summed E-state index contributed by atoms with van der Waals surface area (Å²) in [4.78, 5) is 19.6. The van der Waals surface area contributed by atoms with Gasteiger partial charge in [-0.25, -0.2) is 4.98 Å². The lowest BCUT2D eigenvalue weighted by Crippen LogP contribution is -2.29. The Labute approximate surface area is 182 Å². The average molecular weight is 417 g/mol. The van der Waals surface area contributed by atoms with Crippen LogP contribution in [0.3, 0.4) is 0 Å². The number of fused-ring (bicyclic) bond motifs is 1. The Balaban J connectivity index is 1.37. The standard InChI is InChI=1S/C24H28N6O/c1-4-28(18(2)3)14-19-8-10-20(11-9-19)24(31)27-21-13-25-30(16-21)17-22-15-29-12-6-5-7-23(29)26-22/h5-13,15-16,18H,4,14,17H2,1-3H3,(H,27,31). The van der Waals surface area contributed by atoms with Gasteiger partial charge in [0.05, 0.1) is 24.1 Å². The van der Waals surface area contributed by atoms with Gasteiger partial charge in [-0.1, -0.05) is 25.1 Å². The zero-order valence-corrected chi connectivity index (χ0v) is 18.2. The quantitative estimate of drug-likeness (QED) is 0.470. The topological polar surface area (TPSA) is 67.5 Å². The summed E-state index contributed by atoms with van der Waals surface area (Å²) in [5.41, 5.74) is 4.30. The van der Waals surface area contributed by atoms with E-state index in [-0.39, 0.29) is 5.91 Å². The highest BCUT2D eigenvalue weighted by Crippen LogP contribution is 2.13. The van der Waals surface area contributed by atoms with Crippen LogP contribution in [0, 0.1) is 0 Å². The number of benzene rings is 1. The molecule has 0 radical (unpaired) electrons. The van der Waals surface area contributed by atoms with Crippen molar-refractivity contribution in [2.75, 3.05) is 11.9 Å². The van der Waals surface area contributed by atoms with Crippen molar-refractivity contribution >= 4 is 17.2 Å². The van der Waals surface area contributed by atoms with Crippen LogP contribution in [-0.2, 0) is 13.1 Å². The first kappa shape index (κ1) is 20.8. The minimum atomic E-state index is -0.143. The number of hydrogen-bond donors (Lipinski definition) is 1. The minimum Gasteiger partial charge on any atom is -0.319 e. The number of pyridine rings is 1. The fraction of sp³-hybridized carbons (Fsp3) is 0.292. The normalized spacial score (nSPS) is 11.5. The van der Waals surface area contributed by atoms with Crippen molar-refractivity contribution in [3.05, 3.63) is 84.1 Å². The van der Waals surface area contributed by atoms with Crippen LogP contribution in [0.2, 0.25) is 0 Å². The number of hydrogen-bond acceptors (Lipinski definition) is 4. The van der Waals surface area contributed by atoms with Crippen molar-refractivity contribution in [3.63, 3.8) is 0 Å². The summed E-state index contributed by atoms with van der Waals surface area (Å²) in [7, 11) is 0. The molecule has 4 rings (SSSR count). The summed E-state index contributed by atoms with van der Waals surface area (Å²) in [5, 5.41) is 7.27. The number of nitrogens with one attached hydrogen (secondary N) is 1. The Bertz CT molecular complexity index is 1130. The van der Waals surface area contributed by atoms with Crippen molar-refractivity contribution in [2.45, 2.75) is 39.9 Å². The summed E-state index contributed by atoms with van der Waals surface area (Å²) in [6, 6.07) is 14.2. The van der Waals surface area contributed by atoms with Crippen LogP contribution in [0.25, 0.3) is 5.65 Å². The molecule has 0 saturated heterocycles. The Morgan fingerprint density at radius 1 is 1.13 bits per heavy atom. The molecule has 7 heteroatoms. The number of carbonyl (C=O) groups excluding carboxylic acids is 1. The molecule has 4 aromatic rings. The maximum absolute atomic E-state index is 12.6. The predicted octanol–water partition coefficient (Wildman–Crippen LogP) is 4.06. The lowest BCUT2D eigenvalue weighted by atomic mass is 10.1. The van der Waals surface area contributed by atoms with Gasteiger partial charge in [-0.15, -0.1) is 0 Å². The van der Waals surface area contributed by atoms with Crippen molar-refractivity contribution < 1.29 is 4.79 Å². The first-order chi connectivity index (χ1) is 15.0. The second-order valence-electron chi connectivity index (χ2n) is 7.93. The molecule has 0 saturated carbocycles. The van der Waals surface area contributed by atoms with Crippen LogP contribution in [-0.4, -0.2) is 42.6 Å². The highest BCUT2D eigenvalue weighted by Gasteiger charge is 2.11. The second-order valence-corrected chi connectivity index (χ2v) is 7.93. The number of aromatic nitrogens is 4. The highest BCUT2D eigenvalue weighted by molar-refractivity contribution is 6.04. The Hall–Kier alpha value is -3.45. The average Bonchev–Trinajstić information content (AvgIpc) is 3.38. The zero-order chi connectivity index (χ0) is 21.8. The number of anilines is 1. The second kappa shape index (κ2) is 9.14. The van der Waals surface area contributed by atoms with Crippen molar-refractivity contribution in [1.29, 1.82) is 0 Å². The molecule has 3 aromatic heterocycles. The molecule has 0 bridgehead atoms. The zero-order valence-electron chi connectivity index (χ0n) is 18.2. The summed E-state index contributed by atoms with van der Waals surface area (Å²) < 4.78 is 3.75. The summed E-state index contributed by atoms with van der Waals surface area (Å²) >= 11 is 0. The summed E-state index contributed by atoms with van der Waals surface area (Å²) in [5.74, 6) is -0.143. The number of amides is 1. The van der Waals surface area contributed by atoms with E-state index in [1.165, 1.54) is 5.56 Å². The van der Waals surface area contributed by atoms with Crippen LogP contribution in [0.4, 0.5) is 5.69 Å². The molecule has 0 aliphatic rings. The van der Waals surface area contributed by atoms with Gasteiger partial charge >= 0.3 is 0 Å². The fourth-order valence-electron chi connectivity index (χ4n) is 3.60. The van der Waals surface area contributed by atoms with E-state index in [1.807, 2.05) is 65.5 Å². The molecule has 0 aliphatic heterocycles. The third-order valence-corrected chi connectivity index (χ3v) is 5.37. The molecular formula is C24H28N6O. The lowest BCUT2D eigenvalue weighted by molar-refractivity contribution is 0.102. The molecule has 0 atom stereocenters. The predicted molar refractivity (Wildman–Crippen MR) is 122 cm³/mol. The molecule has 1 aromatic carbocycles. The van der Waals surface area contributed by atoms with Gasteiger partial charge in [0, 0.05) is 36.7 Å². The number of rotatable bonds is 8. The molecule has 0 unspecified atom stereocenters. The Morgan fingerprint density at radius 3 is 2.65 bits per heavy atom. The number of nitrogens with zero attached hydrogens (tertiary/aromatic N) is 5. The molecule has 160 valence electrons. The van der Waals surface area contributed by atoms with Crippen LogP contribution in [0.15, 0.2) is 67.3 Å². The lowest BCUT2D eigenvalue weighted by Gasteiger charge is -2.24. The molecule has 1 amide bonds. The monoisotopic (exact) mass is 416 g/mol. The first-order valence-electron chi connectivity index (χ1n) is 10.6. The SMILES string of the molecule is CCN(Cc1ccc(C(=O)Nc2cnn(Cc3cn4ccccc4n3)c2)cc1)C(C)C. The van der Waals surface area contributed by atoms with E-state index in [1.54, 1.807) is 10.9 Å². The maximum Gasteiger partial charge on any atom is 0.255 e. The largest absolute Gasteiger partial charge is 0.319 e. The van der Waals surface area contributed by atoms with Gasteiger partial charge in [-0.2, -0.15) is 5.10 Å². The van der Waals surface area contributed by atoms with E-state index in [2.05, 4.69) is 41.1 Å². The van der Waals surface area contributed by atoms with E-state index in [4.69, 9.17) is 0 Å². The molecule has 31 heavy (non-hydrogen) atoms. The van der Waals surface area contributed by atoms with E-state index in [0.29, 0.717) is 23.8 Å². The Kier molecular flexibility index (Phi) is 6.13. The van der Waals surface area contributed by atoms with Crippen LogP contribution >= 0.6 is 0 Å². The summed E-state index contributed by atoms with van der Waals surface area (Å²) in [6.07, 6.45) is 7.42. The van der Waals surface area contributed by atoms with Gasteiger partial charge in [0.2, 0.25) is 0 Å². The molecule has 7 nitrogen and oxygen atoms in total. The first-order valence-corrected chi connectivity index (χ1v) is 10.6. The fourth-order valence-corrected chi connectivity index (χ4v) is 3.60. The molecule has 3 heterocycles. The number of carbonyl (C=O) groups is 1. The van der Waals surface area contributed by atoms with Gasteiger partial charge in [0.1, 0.15) is 5.65 Å². The molecule has 1 N–H and O–H groups in total. The smallest absolute Gasteiger partial charge is 0.255 e. The van der Waals surface area contributed by atoms with E-state index in [9.17, 15) is 4.79 Å². The summed E-state index contributed by atoms with van der Waals surface area (Å²) in [6.45, 7) is 8.97. The van der Waals surface area contributed by atoms with Gasteiger partial charge < -0.3 is 9.72 Å². The molecular weight excluding hydrogens is 388 g/mol. The van der Waals surface area contributed by atoms with E-state index >= 15 is 0 Å². The van der Waals surface area contributed by atoms with Gasteiger partial charge in [-0.3, -0.25) is 14.4 Å². The molecule has 0 aliphatic carbocycles.